The Morgan fingerprint density at radius 2 is 1.88 bits per heavy atom. The van der Waals surface area contributed by atoms with Crippen molar-refractivity contribution in [3.8, 4) is 0 Å². The molecule has 0 radical (unpaired) electrons. The van der Waals surface area contributed by atoms with Crippen molar-refractivity contribution < 1.29 is 4.79 Å². The van der Waals surface area contributed by atoms with Crippen molar-refractivity contribution in [2.24, 2.45) is 0 Å². The minimum absolute atomic E-state index is 0.0352. The number of nitrogens with zero attached hydrogens (tertiary/aromatic N) is 2. The number of hydrogen-bond acceptors (Lipinski definition) is 4. The van der Waals surface area contributed by atoms with Gasteiger partial charge in [0.05, 0.1) is 10.8 Å². The van der Waals surface area contributed by atoms with Gasteiger partial charge in [0, 0.05) is 11.1 Å². The Hall–Kier alpha value is -2.40. The maximum Gasteiger partial charge on any atom is 0.237 e. The topological polar surface area (TPSA) is 54.9 Å². The summed E-state index contributed by atoms with van der Waals surface area (Å²) < 4.78 is 0. The molecule has 0 saturated heterocycles. The van der Waals surface area contributed by atoms with Gasteiger partial charge in [0.1, 0.15) is 11.4 Å². The Morgan fingerprint density at radius 1 is 1.12 bits per heavy atom. The molecule has 5 heteroatoms. The average molecular weight is 337 g/mol. The van der Waals surface area contributed by atoms with E-state index in [-0.39, 0.29) is 11.2 Å². The first-order chi connectivity index (χ1) is 11.7. The van der Waals surface area contributed by atoms with Gasteiger partial charge in [-0.15, -0.1) is 0 Å². The van der Waals surface area contributed by atoms with Gasteiger partial charge in [0.25, 0.3) is 0 Å². The smallest absolute Gasteiger partial charge is 0.237 e. The fraction of sp³-hybridized carbons (Fsp3) is 0.211. The highest BCUT2D eigenvalue weighted by Gasteiger charge is 2.17. The summed E-state index contributed by atoms with van der Waals surface area (Å²) in [5.41, 5.74) is 2.96. The van der Waals surface area contributed by atoms with Crippen molar-refractivity contribution in [3.63, 3.8) is 0 Å². The predicted molar refractivity (Wildman–Crippen MR) is 99.3 cm³/mol. The fourth-order valence-electron chi connectivity index (χ4n) is 2.36. The minimum Gasteiger partial charge on any atom is -0.325 e. The molecule has 0 saturated carbocycles. The van der Waals surface area contributed by atoms with Crippen molar-refractivity contribution in [2.45, 2.75) is 30.5 Å². The second kappa shape index (κ2) is 7.45. The Labute approximate surface area is 145 Å². The lowest BCUT2D eigenvalue weighted by Crippen LogP contribution is -2.22. The van der Waals surface area contributed by atoms with Crippen LogP contribution in [0.1, 0.15) is 19.4 Å². The third-order valence-electron chi connectivity index (χ3n) is 3.79. The van der Waals surface area contributed by atoms with Crippen molar-refractivity contribution in [3.05, 3.63) is 60.4 Å². The van der Waals surface area contributed by atoms with Crippen LogP contribution < -0.4 is 5.32 Å². The van der Waals surface area contributed by atoms with Gasteiger partial charge in [-0.3, -0.25) is 4.79 Å². The van der Waals surface area contributed by atoms with Crippen LogP contribution in [0.25, 0.3) is 10.9 Å². The molecule has 4 nitrogen and oxygen atoms in total. The largest absolute Gasteiger partial charge is 0.325 e. The summed E-state index contributed by atoms with van der Waals surface area (Å²) in [4.78, 5) is 21.0. The average Bonchev–Trinajstić information content (AvgIpc) is 2.62. The molecule has 1 aromatic heterocycles. The molecular formula is C19H19N3OS. The lowest BCUT2D eigenvalue weighted by Gasteiger charge is -2.13. The highest BCUT2D eigenvalue weighted by Crippen LogP contribution is 2.28. The highest BCUT2D eigenvalue weighted by molar-refractivity contribution is 8.00. The van der Waals surface area contributed by atoms with E-state index in [1.807, 2.05) is 55.5 Å². The number of aryl methyl sites for hydroxylation is 1. The molecule has 1 N–H and O–H groups in total. The lowest BCUT2D eigenvalue weighted by atomic mass is 10.1. The quantitative estimate of drug-likeness (QED) is 0.557. The summed E-state index contributed by atoms with van der Waals surface area (Å²) in [5, 5.41) is 4.50. The first-order valence-corrected chi connectivity index (χ1v) is 8.81. The number of para-hydroxylation sites is 1. The molecule has 3 rings (SSSR count). The van der Waals surface area contributed by atoms with E-state index in [9.17, 15) is 4.79 Å². The molecule has 0 unspecified atom stereocenters. The molecule has 1 atom stereocenters. The van der Waals surface area contributed by atoms with Gasteiger partial charge in [-0.2, -0.15) is 0 Å². The number of nitrogens with one attached hydrogen (secondary N) is 1. The molecule has 122 valence electrons. The van der Waals surface area contributed by atoms with Crippen LogP contribution in [0.5, 0.6) is 0 Å². The third kappa shape index (κ3) is 3.74. The molecule has 2 aromatic carbocycles. The van der Waals surface area contributed by atoms with Gasteiger partial charge < -0.3 is 5.32 Å². The van der Waals surface area contributed by atoms with Crippen LogP contribution >= 0.6 is 11.8 Å². The number of thioether (sulfide) groups is 1. The molecule has 0 aliphatic rings. The second-order valence-corrected chi connectivity index (χ2v) is 6.83. The van der Waals surface area contributed by atoms with Crippen LogP contribution in [0.2, 0.25) is 0 Å². The van der Waals surface area contributed by atoms with E-state index in [0.717, 1.165) is 28.0 Å². The van der Waals surface area contributed by atoms with E-state index in [4.69, 9.17) is 0 Å². The summed E-state index contributed by atoms with van der Waals surface area (Å²) in [6.45, 7) is 4.00. The van der Waals surface area contributed by atoms with Gasteiger partial charge in [0.15, 0.2) is 0 Å². The molecule has 0 aliphatic carbocycles. The summed E-state index contributed by atoms with van der Waals surface area (Å²) in [6.07, 6.45) is 2.53. The van der Waals surface area contributed by atoms with Gasteiger partial charge in [-0.25, -0.2) is 9.97 Å². The van der Waals surface area contributed by atoms with E-state index < -0.39 is 0 Å². The lowest BCUT2D eigenvalue weighted by molar-refractivity contribution is -0.115. The van der Waals surface area contributed by atoms with Gasteiger partial charge in [-0.05, 0) is 37.1 Å². The number of anilines is 1. The number of hydrogen-bond donors (Lipinski definition) is 1. The summed E-state index contributed by atoms with van der Waals surface area (Å²) in [7, 11) is 0. The fourth-order valence-corrected chi connectivity index (χ4v) is 3.27. The van der Waals surface area contributed by atoms with Gasteiger partial charge in [0.2, 0.25) is 5.91 Å². The van der Waals surface area contributed by atoms with E-state index >= 15 is 0 Å². The van der Waals surface area contributed by atoms with Gasteiger partial charge >= 0.3 is 0 Å². The number of amides is 1. The normalized spacial score (nSPS) is 12.1. The zero-order valence-corrected chi connectivity index (χ0v) is 14.5. The minimum atomic E-state index is -0.255. The number of aromatic nitrogens is 2. The maximum absolute atomic E-state index is 12.4. The Morgan fingerprint density at radius 3 is 2.62 bits per heavy atom. The van der Waals surface area contributed by atoms with Crippen LogP contribution in [0.3, 0.4) is 0 Å². The number of carbonyl (C=O) groups is 1. The van der Waals surface area contributed by atoms with Crippen molar-refractivity contribution in [1.82, 2.24) is 9.97 Å². The molecule has 0 bridgehead atoms. The standard InChI is InChI=1S/C19H19N3OS/c1-3-14-8-10-15(11-9-14)22-18(23)13(2)24-19-16-6-4-5-7-17(16)20-12-21-19/h4-13H,3H2,1-2H3,(H,22,23)/t13-/m1/s1. The summed E-state index contributed by atoms with van der Waals surface area (Å²) in [5.74, 6) is -0.0352. The predicted octanol–water partition coefficient (Wildman–Crippen LogP) is 4.31. The van der Waals surface area contributed by atoms with E-state index in [1.54, 1.807) is 6.33 Å². The maximum atomic E-state index is 12.4. The number of fused-ring (bicyclic) bond motifs is 1. The summed E-state index contributed by atoms with van der Waals surface area (Å²) in [6, 6.07) is 15.8. The molecular weight excluding hydrogens is 318 g/mol. The molecule has 1 amide bonds. The summed E-state index contributed by atoms with van der Waals surface area (Å²) >= 11 is 1.44. The first-order valence-electron chi connectivity index (χ1n) is 7.93. The molecule has 1 heterocycles. The van der Waals surface area contributed by atoms with Crippen LogP contribution in [-0.2, 0) is 11.2 Å². The van der Waals surface area contributed by atoms with Crippen molar-refractivity contribution in [1.29, 1.82) is 0 Å². The second-order valence-electron chi connectivity index (χ2n) is 5.50. The Balaban J connectivity index is 1.71. The number of rotatable bonds is 5. The number of benzene rings is 2. The first kappa shape index (κ1) is 16.5. The van der Waals surface area contributed by atoms with Gasteiger partial charge in [-0.1, -0.05) is 49.0 Å². The van der Waals surface area contributed by atoms with Crippen LogP contribution in [0, 0.1) is 0 Å². The SMILES string of the molecule is CCc1ccc(NC(=O)[C@@H](C)Sc2ncnc3ccccc23)cc1. The molecule has 0 fully saturated rings. The highest BCUT2D eigenvalue weighted by atomic mass is 32.2. The van der Waals surface area contributed by atoms with Crippen molar-refractivity contribution >= 4 is 34.3 Å². The van der Waals surface area contributed by atoms with Crippen molar-refractivity contribution in [2.75, 3.05) is 5.32 Å². The van der Waals surface area contributed by atoms with E-state index in [2.05, 4.69) is 22.2 Å². The van der Waals surface area contributed by atoms with Crippen LogP contribution in [-0.4, -0.2) is 21.1 Å². The van der Waals surface area contributed by atoms with E-state index in [0.29, 0.717) is 0 Å². The molecule has 0 spiro atoms. The zero-order chi connectivity index (χ0) is 16.9. The Kier molecular flexibility index (Phi) is 5.11. The third-order valence-corrected chi connectivity index (χ3v) is 4.91. The molecule has 24 heavy (non-hydrogen) atoms. The molecule has 0 aliphatic heterocycles. The van der Waals surface area contributed by atoms with Crippen LogP contribution in [0.4, 0.5) is 5.69 Å². The molecule has 3 aromatic rings. The zero-order valence-electron chi connectivity index (χ0n) is 13.7. The number of carbonyl (C=O) groups excluding carboxylic acids is 1. The van der Waals surface area contributed by atoms with Crippen LogP contribution in [0.15, 0.2) is 59.9 Å². The monoisotopic (exact) mass is 337 g/mol. The van der Waals surface area contributed by atoms with E-state index in [1.165, 1.54) is 17.3 Å². The Bertz CT molecular complexity index is 843.